The van der Waals surface area contributed by atoms with Crippen LogP contribution in [0.3, 0.4) is 0 Å². The average molecular weight is 443 g/mol. The summed E-state index contributed by atoms with van der Waals surface area (Å²) in [5, 5.41) is 11.5. The van der Waals surface area contributed by atoms with E-state index in [4.69, 9.17) is 22.1 Å². The summed E-state index contributed by atoms with van der Waals surface area (Å²) in [7, 11) is 0. The van der Waals surface area contributed by atoms with Crippen molar-refractivity contribution in [1.29, 1.82) is 0 Å². The van der Waals surface area contributed by atoms with Crippen LogP contribution in [0.2, 0.25) is 5.02 Å². The fourth-order valence-electron chi connectivity index (χ4n) is 2.85. The van der Waals surface area contributed by atoms with E-state index in [1.165, 1.54) is 6.21 Å². The molecule has 9 nitrogen and oxygen atoms in total. The monoisotopic (exact) mass is 442 g/mol. The average Bonchev–Trinajstić information content (AvgIpc) is 3.21. The summed E-state index contributed by atoms with van der Waals surface area (Å²) < 4.78 is 10.5. The van der Waals surface area contributed by atoms with E-state index in [1.807, 2.05) is 42.5 Å². The maximum atomic E-state index is 12.0. The molecule has 0 unspecified atom stereocenters. The molecule has 0 aliphatic carbocycles. The third kappa shape index (κ3) is 5.73. The van der Waals surface area contributed by atoms with Crippen molar-refractivity contribution >= 4 is 35.2 Å². The molecule has 10 heteroatoms. The summed E-state index contributed by atoms with van der Waals surface area (Å²) >= 11 is 5.95. The third-order valence-electron chi connectivity index (χ3n) is 4.53. The number of hydrazone groups is 1. The number of amides is 1. The molecule has 162 valence electrons. The number of carbonyl (C=O) groups is 1. The maximum absolute atomic E-state index is 12.0. The first-order valence-electron chi connectivity index (χ1n) is 9.69. The van der Waals surface area contributed by atoms with Gasteiger partial charge in [-0.1, -0.05) is 23.7 Å². The Bertz CT molecular complexity index is 1050. The molecule has 31 heavy (non-hydrogen) atoms. The lowest BCUT2D eigenvalue weighted by molar-refractivity contribution is 0.0946. The van der Waals surface area contributed by atoms with E-state index in [0.717, 1.165) is 24.3 Å². The first-order valence-corrected chi connectivity index (χ1v) is 10.1. The molecule has 0 fully saturated rings. The van der Waals surface area contributed by atoms with Gasteiger partial charge in [-0.25, -0.2) is 10.1 Å². The predicted molar refractivity (Wildman–Crippen MR) is 120 cm³/mol. The van der Waals surface area contributed by atoms with Gasteiger partial charge in [0.25, 0.3) is 5.91 Å². The lowest BCUT2D eigenvalue weighted by Gasteiger charge is -2.22. The number of rotatable bonds is 9. The molecule has 1 heterocycles. The zero-order valence-corrected chi connectivity index (χ0v) is 18.0. The fraction of sp³-hybridized carbons (Fsp3) is 0.238. The highest BCUT2D eigenvalue weighted by atomic mass is 35.5. The van der Waals surface area contributed by atoms with Gasteiger partial charge in [-0.3, -0.25) is 4.79 Å². The number of anilines is 2. The van der Waals surface area contributed by atoms with Crippen LogP contribution in [-0.4, -0.2) is 35.5 Å². The summed E-state index contributed by atoms with van der Waals surface area (Å²) in [4.78, 5) is 14.3. The number of ether oxygens (including phenoxy) is 1. The lowest BCUT2D eigenvalue weighted by atomic mass is 10.1. The van der Waals surface area contributed by atoms with Crippen LogP contribution in [-0.2, 0) is 6.61 Å². The Kier molecular flexibility index (Phi) is 7.45. The van der Waals surface area contributed by atoms with Gasteiger partial charge in [0.1, 0.15) is 12.4 Å². The summed E-state index contributed by atoms with van der Waals surface area (Å²) in [6, 6.07) is 13.2. The number of hydrogen-bond donors (Lipinski definition) is 2. The van der Waals surface area contributed by atoms with Crippen LogP contribution in [0.15, 0.2) is 52.2 Å². The molecule has 1 amide bonds. The number of aromatic nitrogens is 2. The quantitative estimate of drug-likeness (QED) is 0.384. The molecule has 0 saturated carbocycles. The highest BCUT2D eigenvalue weighted by Crippen LogP contribution is 2.26. The van der Waals surface area contributed by atoms with Crippen molar-refractivity contribution in [2.45, 2.75) is 20.5 Å². The molecule has 0 atom stereocenters. The minimum Gasteiger partial charge on any atom is -0.488 e. The largest absolute Gasteiger partial charge is 0.488 e. The Balaban J connectivity index is 1.79. The van der Waals surface area contributed by atoms with E-state index in [1.54, 1.807) is 0 Å². The molecule has 0 spiro atoms. The number of halogens is 1. The Morgan fingerprint density at radius 2 is 1.97 bits per heavy atom. The summed E-state index contributed by atoms with van der Waals surface area (Å²) in [6.07, 6.45) is 1.49. The zero-order chi connectivity index (χ0) is 22.2. The number of nitrogens with one attached hydrogen (secondary N) is 1. The standard InChI is InChI=1S/C21H23ClN6O3/c1-3-28(4-2)17-10-7-15(12-24-25-21(29)19-20(23)27-31-26-19)18(11-17)30-13-14-5-8-16(22)9-6-14/h5-12H,3-4,13H2,1-2H3,(H2,23,27)(H,25,29)/b24-12+. The van der Waals surface area contributed by atoms with Crippen molar-refractivity contribution in [2.75, 3.05) is 23.7 Å². The van der Waals surface area contributed by atoms with Gasteiger partial charge in [-0.2, -0.15) is 5.10 Å². The fourth-order valence-corrected chi connectivity index (χ4v) is 2.97. The van der Waals surface area contributed by atoms with Gasteiger partial charge in [-0.15, -0.1) is 0 Å². The molecule has 3 rings (SSSR count). The normalized spacial score (nSPS) is 10.9. The second-order valence-electron chi connectivity index (χ2n) is 6.51. The van der Waals surface area contributed by atoms with Gasteiger partial charge < -0.3 is 15.4 Å². The first kappa shape index (κ1) is 22.1. The molecular weight excluding hydrogens is 420 g/mol. The Morgan fingerprint density at radius 3 is 2.61 bits per heavy atom. The van der Waals surface area contributed by atoms with Crippen LogP contribution in [0.1, 0.15) is 35.5 Å². The molecular formula is C21H23ClN6O3. The predicted octanol–water partition coefficient (Wildman–Crippen LogP) is 3.49. The second kappa shape index (κ2) is 10.4. The highest BCUT2D eigenvalue weighted by molar-refractivity contribution is 6.30. The SMILES string of the molecule is CCN(CC)c1ccc(/C=N/NC(=O)c2nonc2N)c(OCc2ccc(Cl)cc2)c1. The summed E-state index contributed by atoms with van der Waals surface area (Å²) in [5.41, 5.74) is 10.4. The van der Waals surface area contributed by atoms with Gasteiger partial charge in [0, 0.05) is 35.4 Å². The minimum atomic E-state index is -0.626. The molecule has 3 N–H and O–H groups in total. The number of benzene rings is 2. The maximum Gasteiger partial charge on any atom is 0.297 e. The Labute approximate surface area is 184 Å². The molecule has 3 aromatic rings. The van der Waals surface area contributed by atoms with Gasteiger partial charge >= 0.3 is 0 Å². The minimum absolute atomic E-state index is 0.108. The van der Waals surface area contributed by atoms with E-state index in [9.17, 15) is 4.79 Å². The van der Waals surface area contributed by atoms with E-state index < -0.39 is 5.91 Å². The number of nitrogens with zero attached hydrogens (tertiary/aromatic N) is 4. The van der Waals surface area contributed by atoms with Gasteiger partial charge in [0.05, 0.1) is 6.21 Å². The van der Waals surface area contributed by atoms with Crippen molar-refractivity contribution in [1.82, 2.24) is 15.7 Å². The van der Waals surface area contributed by atoms with E-state index in [-0.39, 0.29) is 11.5 Å². The summed E-state index contributed by atoms with van der Waals surface area (Å²) in [6.45, 7) is 6.26. The van der Waals surface area contributed by atoms with Crippen molar-refractivity contribution in [2.24, 2.45) is 5.10 Å². The number of carbonyl (C=O) groups excluding carboxylic acids is 1. The van der Waals surface area contributed by atoms with Crippen molar-refractivity contribution in [3.05, 3.63) is 64.3 Å². The lowest BCUT2D eigenvalue weighted by Crippen LogP contribution is -2.22. The molecule has 0 saturated heterocycles. The Morgan fingerprint density at radius 1 is 1.23 bits per heavy atom. The van der Waals surface area contributed by atoms with E-state index in [2.05, 4.69) is 44.2 Å². The van der Waals surface area contributed by atoms with E-state index >= 15 is 0 Å². The van der Waals surface area contributed by atoms with Crippen LogP contribution < -0.4 is 20.8 Å². The smallest absolute Gasteiger partial charge is 0.297 e. The molecule has 1 aromatic heterocycles. The highest BCUT2D eigenvalue weighted by Gasteiger charge is 2.15. The molecule has 0 radical (unpaired) electrons. The Hall–Kier alpha value is -3.59. The third-order valence-corrected chi connectivity index (χ3v) is 4.78. The van der Waals surface area contributed by atoms with Gasteiger partial charge in [-0.05, 0) is 54.0 Å². The van der Waals surface area contributed by atoms with Crippen LogP contribution >= 0.6 is 11.6 Å². The van der Waals surface area contributed by atoms with Crippen LogP contribution in [0.4, 0.5) is 11.5 Å². The molecule has 0 aliphatic heterocycles. The van der Waals surface area contributed by atoms with Gasteiger partial charge in [0.15, 0.2) is 0 Å². The van der Waals surface area contributed by atoms with Crippen molar-refractivity contribution in [3.8, 4) is 5.75 Å². The van der Waals surface area contributed by atoms with Crippen molar-refractivity contribution in [3.63, 3.8) is 0 Å². The topological polar surface area (TPSA) is 119 Å². The van der Waals surface area contributed by atoms with Crippen LogP contribution in [0, 0.1) is 0 Å². The number of hydrogen-bond acceptors (Lipinski definition) is 8. The molecule has 0 aliphatic rings. The first-order chi connectivity index (χ1) is 15.0. The van der Waals surface area contributed by atoms with Crippen molar-refractivity contribution < 1.29 is 14.2 Å². The molecule has 0 bridgehead atoms. The van der Waals surface area contributed by atoms with Crippen LogP contribution in [0.25, 0.3) is 0 Å². The summed E-state index contributed by atoms with van der Waals surface area (Å²) in [5.74, 6) is -0.110. The van der Waals surface area contributed by atoms with Crippen LogP contribution in [0.5, 0.6) is 5.75 Å². The van der Waals surface area contributed by atoms with E-state index in [0.29, 0.717) is 22.9 Å². The second-order valence-corrected chi connectivity index (χ2v) is 6.94. The zero-order valence-electron chi connectivity index (χ0n) is 17.2. The number of nitrogen functional groups attached to an aromatic ring is 1. The molecule has 2 aromatic carbocycles. The number of nitrogens with two attached hydrogens (primary N) is 1. The van der Waals surface area contributed by atoms with Gasteiger partial charge in [0.2, 0.25) is 11.5 Å².